The Hall–Kier alpha value is -2.20. The third kappa shape index (κ3) is 3.02. The molecule has 3 rings (SSSR count). The zero-order chi connectivity index (χ0) is 15.5. The van der Waals surface area contributed by atoms with Crippen LogP contribution in [0, 0.1) is 0 Å². The van der Waals surface area contributed by atoms with Gasteiger partial charge in [0.05, 0.1) is 10.6 Å². The summed E-state index contributed by atoms with van der Waals surface area (Å²) in [5.74, 6) is 0.243. The van der Waals surface area contributed by atoms with E-state index in [1.54, 1.807) is 24.3 Å². The normalized spacial score (nSPS) is 15.0. The molecule has 2 aromatic carbocycles. The summed E-state index contributed by atoms with van der Waals surface area (Å²) in [5, 5.41) is 9.83. The van der Waals surface area contributed by atoms with E-state index < -0.39 is 0 Å². The van der Waals surface area contributed by atoms with E-state index in [0.29, 0.717) is 23.7 Å². The number of hydrogen-bond donors (Lipinski definition) is 1. The standard InChI is InChI=1S/C17H17ClN2O2/c18-16-4-2-1-3-15(16)17(22)20-11-9-19(10-12-20)13-5-7-14(21)8-6-13/h1-8,21H,9-12H2. The number of rotatable bonds is 2. The number of halogens is 1. The first-order chi connectivity index (χ1) is 10.6. The van der Waals surface area contributed by atoms with Crippen LogP contribution in [-0.4, -0.2) is 42.1 Å². The zero-order valence-corrected chi connectivity index (χ0v) is 12.8. The number of anilines is 1. The van der Waals surface area contributed by atoms with Gasteiger partial charge in [-0.1, -0.05) is 23.7 Å². The Morgan fingerprint density at radius 3 is 2.23 bits per heavy atom. The van der Waals surface area contributed by atoms with E-state index in [4.69, 9.17) is 11.6 Å². The second-order valence-electron chi connectivity index (χ2n) is 5.28. The maximum atomic E-state index is 12.5. The second-order valence-corrected chi connectivity index (χ2v) is 5.68. The zero-order valence-electron chi connectivity index (χ0n) is 12.1. The van der Waals surface area contributed by atoms with Crippen LogP contribution in [-0.2, 0) is 0 Å². The fourth-order valence-electron chi connectivity index (χ4n) is 2.64. The molecule has 114 valence electrons. The van der Waals surface area contributed by atoms with Gasteiger partial charge in [-0.05, 0) is 36.4 Å². The Bertz CT molecular complexity index is 665. The quantitative estimate of drug-likeness (QED) is 0.926. The number of hydrogen-bond acceptors (Lipinski definition) is 3. The van der Waals surface area contributed by atoms with Crippen LogP contribution in [0.5, 0.6) is 5.75 Å². The van der Waals surface area contributed by atoms with Crippen molar-refractivity contribution in [1.29, 1.82) is 0 Å². The fourth-order valence-corrected chi connectivity index (χ4v) is 2.85. The number of piperazine rings is 1. The van der Waals surface area contributed by atoms with Crippen molar-refractivity contribution in [3.63, 3.8) is 0 Å². The SMILES string of the molecule is O=C(c1ccccc1Cl)N1CCN(c2ccc(O)cc2)CC1. The summed E-state index contributed by atoms with van der Waals surface area (Å²) >= 11 is 6.10. The van der Waals surface area contributed by atoms with Crippen molar-refractivity contribution in [2.24, 2.45) is 0 Å². The number of aromatic hydroxyl groups is 1. The predicted molar refractivity (Wildman–Crippen MR) is 87.7 cm³/mol. The number of benzene rings is 2. The van der Waals surface area contributed by atoms with Gasteiger partial charge in [-0.15, -0.1) is 0 Å². The molecular weight excluding hydrogens is 300 g/mol. The maximum Gasteiger partial charge on any atom is 0.255 e. The van der Waals surface area contributed by atoms with Crippen molar-refractivity contribution in [3.8, 4) is 5.75 Å². The van der Waals surface area contributed by atoms with Crippen LogP contribution in [0.15, 0.2) is 48.5 Å². The van der Waals surface area contributed by atoms with Gasteiger partial charge in [0.15, 0.2) is 0 Å². The number of carbonyl (C=O) groups is 1. The average Bonchev–Trinajstić information content (AvgIpc) is 2.56. The van der Waals surface area contributed by atoms with Crippen LogP contribution in [0.25, 0.3) is 0 Å². The number of phenols is 1. The molecule has 0 aliphatic carbocycles. The number of phenolic OH excluding ortho intramolecular Hbond substituents is 1. The van der Waals surface area contributed by atoms with E-state index in [2.05, 4.69) is 4.90 Å². The molecule has 2 aromatic rings. The van der Waals surface area contributed by atoms with Crippen molar-refractivity contribution in [2.75, 3.05) is 31.1 Å². The first kappa shape index (κ1) is 14.7. The molecule has 0 bridgehead atoms. The number of carbonyl (C=O) groups excluding carboxylic acids is 1. The van der Waals surface area contributed by atoms with E-state index in [0.717, 1.165) is 18.8 Å². The summed E-state index contributed by atoms with van der Waals surface area (Å²) in [4.78, 5) is 16.5. The molecule has 22 heavy (non-hydrogen) atoms. The number of nitrogens with zero attached hydrogens (tertiary/aromatic N) is 2. The molecule has 1 saturated heterocycles. The minimum atomic E-state index is -0.0176. The minimum Gasteiger partial charge on any atom is -0.508 e. The van der Waals surface area contributed by atoms with Gasteiger partial charge in [-0.2, -0.15) is 0 Å². The summed E-state index contributed by atoms with van der Waals surface area (Å²) in [6, 6.07) is 14.3. The van der Waals surface area contributed by atoms with E-state index in [-0.39, 0.29) is 11.7 Å². The lowest BCUT2D eigenvalue weighted by molar-refractivity contribution is 0.0747. The Morgan fingerprint density at radius 2 is 1.59 bits per heavy atom. The van der Waals surface area contributed by atoms with E-state index in [9.17, 15) is 9.90 Å². The Kier molecular flexibility index (Phi) is 4.20. The van der Waals surface area contributed by atoms with Gasteiger partial charge in [0.25, 0.3) is 5.91 Å². The first-order valence-corrected chi connectivity index (χ1v) is 7.61. The maximum absolute atomic E-state index is 12.5. The fraction of sp³-hybridized carbons (Fsp3) is 0.235. The van der Waals surface area contributed by atoms with Crippen LogP contribution < -0.4 is 4.90 Å². The second kappa shape index (κ2) is 6.28. The van der Waals surface area contributed by atoms with Gasteiger partial charge < -0.3 is 14.9 Å². The average molecular weight is 317 g/mol. The van der Waals surface area contributed by atoms with Gasteiger partial charge in [-0.3, -0.25) is 4.79 Å². The minimum absolute atomic E-state index is 0.0176. The highest BCUT2D eigenvalue weighted by Gasteiger charge is 2.23. The van der Waals surface area contributed by atoms with Crippen LogP contribution in [0.4, 0.5) is 5.69 Å². The van der Waals surface area contributed by atoms with Crippen molar-refractivity contribution in [1.82, 2.24) is 4.90 Å². The van der Waals surface area contributed by atoms with Crippen LogP contribution in [0.1, 0.15) is 10.4 Å². The van der Waals surface area contributed by atoms with E-state index in [1.807, 2.05) is 29.2 Å². The molecule has 5 heteroatoms. The summed E-state index contributed by atoms with van der Waals surface area (Å²) in [6.45, 7) is 2.85. The lowest BCUT2D eigenvalue weighted by Crippen LogP contribution is -2.48. The molecule has 0 unspecified atom stereocenters. The Morgan fingerprint density at radius 1 is 0.955 bits per heavy atom. The largest absolute Gasteiger partial charge is 0.508 e. The molecule has 1 N–H and O–H groups in total. The molecule has 1 aliphatic heterocycles. The highest BCUT2D eigenvalue weighted by molar-refractivity contribution is 6.33. The molecule has 0 spiro atoms. The molecule has 0 saturated carbocycles. The van der Waals surface area contributed by atoms with Gasteiger partial charge in [0, 0.05) is 31.9 Å². The van der Waals surface area contributed by atoms with E-state index in [1.165, 1.54) is 0 Å². The van der Waals surface area contributed by atoms with Crippen molar-refractivity contribution in [2.45, 2.75) is 0 Å². The summed E-state index contributed by atoms with van der Waals surface area (Å²) in [5.41, 5.74) is 1.62. The third-order valence-electron chi connectivity index (χ3n) is 3.89. The summed E-state index contributed by atoms with van der Waals surface area (Å²) in [7, 11) is 0. The molecule has 4 nitrogen and oxygen atoms in total. The van der Waals surface area contributed by atoms with Crippen LogP contribution >= 0.6 is 11.6 Å². The Labute approximate surface area is 134 Å². The van der Waals surface area contributed by atoms with Gasteiger partial charge in [0.2, 0.25) is 0 Å². The van der Waals surface area contributed by atoms with Crippen molar-refractivity contribution in [3.05, 3.63) is 59.1 Å². The van der Waals surface area contributed by atoms with Gasteiger partial charge >= 0.3 is 0 Å². The lowest BCUT2D eigenvalue weighted by Gasteiger charge is -2.36. The molecule has 0 atom stereocenters. The molecule has 1 aliphatic rings. The van der Waals surface area contributed by atoms with Gasteiger partial charge in [0.1, 0.15) is 5.75 Å². The van der Waals surface area contributed by atoms with Crippen LogP contribution in [0.2, 0.25) is 5.02 Å². The first-order valence-electron chi connectivity index (χ1n) is 7.23. The molecule has 1 fully saturated rings. The van der Waals surface area contributed by atoms with E-state index >= 15 is 0 Å². The lowest BCUT2D eigenvalue weighted by atomic mass is 10.1. The topological polar surface area (TPSA) is 43.8 Å². The summed E-state index contributed by atoms with van der Waals surface area (Å²) in [6.07, 6.45) is 0. The van der Waals surface area contributed by atoms with Crippen molar-refractivity contribution < 1.29 is 9.90 Å². The van der Waals surface area contributed by atoms with Crippen molar-refractivity contribution >= 4 is 23.2 Å². The monoisotopic (exact) mass is 316 g/mol. The van der Waals surface area contributed by atoms with Gasteiger partial charge in [-0.25, -0.2) is 0 Å². The number of amides is 1. The highest BCUT2D eigenvalue weighted by Crippen LogP contribution is 2.22. The molecule has 1 amide bonds. The Balaban J connectivity index is 1.65. The molecule has 0 aromatic heterocycles. The molecular formula is C17H17ClN2O2. The molecule has 0 radical (unpaired) electrons. The molecule has 1 heterocycles. The van der Waals surface area contributed by atoms with Crippen LogP contribution in [0.3, 0.4) is 0 Å². The third-order valence-corrected chi connectivity index (χ3v) is 4.22. The predicted octanol–water partition coefficient (Wildman–Crippen LogP) is 3.01. The smallest absolute Gasteiger partial charge is 0.255 e. The highest BCUT2D eigenvalue weighted by atomic mass is 35.5. The summed E-state index contributed by atoms with van der Waals surface area (Å²) < 4.78 is 0.